The fourth-order valence-electron chi connectivity index (χ4n) is 1.20. The summed E-state index contributed by atoms with van der Waals surface area (Å²) in [5, 5.41) is 2.68. The second kappa shape index (κ2) is 3.87. The molecule has 14 heavy (non-hydrogen) atoms. The summed E-state index contributed by atoms with van der Waals surface area (Å²) in [5.74, 6) is -0.837. The lowest BCUT2D eigenvalue weighted by Gasteiger charge is -2.29. The number of rotatable bonds is 2. The van der Waals surface area contributed by atoms with E-state index in [0.717, 1.165) is 4.90 Å². The number of nitrogens with zero attached hydrogens (tertiary/aromatic N) is 1. The number of halogens is 3. The van der Waals surface area contributed by atoms with Crippen LogP contribution in [0.2, 0.25) is 0 Å². The highest BCUT2D eigenvalue weighted by Crippen LogP contribution is 2.19. The maximum Gasteiger partial charge on any atom is 0.405 e. The highest BCUT2D eigenvalue weighted by Gasteiger charge is 2.33. The molecule has 0 aromatic rings. The summed E-state index contributed by atoms with van der Waals surface area (Å²) in [5.41, 5.74) is 4.85. The van der Waals surface area contributed by atoms with Crippen LogP contribution in [0.25, 0.3) is 0 Å². The Hall–Kier alpha value is -1.24. The van der Waals surface area contributed by atoms with Gasteiger partial charge in [-0.15, -0.1) is 0 Å². The van der Waals surface area contributed by atoms with Crippen LogP contribution in [-0.2, 0) is 4.79 Å². The molecule has 0 aromatic carbocycles. The monoisotopic (exact) mass is 209 g/mol. The van der Waals surface area contributed by atoms with E-state index in [1.54, 1.807) is 0 Å². The van der Waals surface area contributed by atoms with Crippen LogP contribution < -0.4 is 11.1 Å². The van der Waals surface area contributed by atoms with Crippen LogP contribution in [0.3, 0.4) is 0 Å². The molecule has 1 aliphatic heterocycles. The molecule has 0 aliphatic carbocycles. The molecule has 80 valence electrons. The maximum absolute atomic E-state index is 12.0. The minimum absolute atomic E-state index is 0.0196. The molecule has 0 fully saturated rings. The molecular formula is C7H10F3N3O. The third kappa shape index (κ3) is 2.91. The van der Waals surface area contributed by atoms with E-state index in [0.29, 0.717) is 6.54 Å². The Bertz CT molecular complexity index is 261. The van der Waals surface area contributed by atoms with Crippen molar-refractivity contribution in [1.82, 2.24) is 10.2 Å². The van der Waals surface area contributed by atoms with Crippen molar-refractivity contribution in [3.05, 3.63) is 11.8 Å². The molecule has 4 nitrogen and oxygen atoms in total. The zero-order chi connectivity index (χ0) is 10.8. The zero-order valence-electron chi connectivity index (χ0n) is 7.27. The standard InChI is InChI=1S/C7H10F3N3O/c8-7(9,10)3-13-4-12-2-1-5(13)6(11)14/h1,12H,2-4H2,(H2,11,14). The molecule has 0 radical (unpaired) electrons. The third-order valence-corrected chi connectivity index (χ3v) is 1.71. The number of nitrogens with two attached hydrogens (primary N) is 1. The van der Waals surface area contributed by atoms with Gasteiger partial charge < -0.3 is 10.6 Å². The van der Waals surface area contributed by atoms with Gasteiger partial charge in [0.05, 0.1) is 6.67 Å². The molecule has 1 aliphatic rings. The van der Waals surface area contributed by atoms with Crippen molar-refractivity contribution >= 4 is 5.91 Å². The normalized spacial score (nSPS) is 17.9. The van der Waals surface area contributed by atoms with Crippen LogP contribution in [0.1, 0.15) is 0 Å². The number of primary amides is 1. The lowest BCUT2D eigenvalue weighted by atomic mass is 10.3. The minimum atomic E-state index is -4.34. The van der Waals surface area contributed by atoms with Crippen molar-refractivity contribution in [2.75, 3.05) is 19.8 Å². The van der Waals surface area contributed by atoms with Crippen molar-refractivity contribution in [3.8, 4) is 0 Å². The Morgan fingerprint density at radius 2 is 2.29 bits per heavy atom. The molecule has 7 heteroatoms. The number of carbonyl (C=O) groups is 1. The number of hydrogen-bond donors (Lipinski definition) is 2. The van der Waals surface area contributed by atoms with Gasteiger partial charge in [0.25, 0.3) is 5.91 Å². The van der Waals surface area contributed by atoms with Gasteiger partial charge in [-0.3, -0.25) is 10.1 Å². The van der Waals surface area contributed by atoms with E-state index in [1.807, 2.05) is 0 Å². The van der Waals surface area contributed by atoms with Crippen molar-refractivity contribution in [2.45, 2.75) is 6.18 Å². The van der Waals surface area contributed by atoms with Crippen LogP contribution in [-0.4, -0.2) is 36.7 Å². The van der Waals surface area contributed by atoms with Crippen molar-refractivity contribution in [1.29, 1.82) is 0 Å². The van der Waals surface area contributed by atoms with E-state index in [9.17, 15) is 18.0 Å². The van der Waals surface area contributed by atoms with Gasteiger partial charge in [0.2, 0.25) is 0 Å². The quantitative estimate of drug-likeness (QED) is 0.661. The fraction of sp³-hybridized carbons (Fsp3) is 0.571. The van der Waals surface area contributed by atoms with Crippen LogP contribution in [0, 0.1) is 0 Å². The van der Waals surface area contributed by atoms with Crippen LogP contribution in [0.15, 0.2) is 11.8 Å². The van der Waals surface area contributed by atoms with Gasteiger partial charge in [-0.25, -0.2) is 0 Å². The molecule has 0 bridgehead atoms. The topological polar surface area (TPSA) is 58.4 Å². The Kier molecular flexibility index (Phi) is 3.00. The largest absolute Gasteiger partial charge is 0.405 e. The SMILES string of the molecule is NC(=O)C1=CCNCN1CC(F)(F)F. The van der Waals surface area contributed by atoms with Crippen LogP contribution in [0.5, 0.6) is 0 Å². The summed E-state index contributed by atoms with van der Waals surface area (Å²) in [6, 6.07) is 0. The Balaban J connectivity index is 2.71. The highest BCUT2D eigenvalue weighted by molar-refractivity contribution is 5.91. The Morgan fingerprint density at radius 3 is 2.79 bits per heavy atom. The second-order valence-corrected chi connectivity index (χ2v) is 2.88. The van der Waals surface area contributed by atoms with Gasteiger partial charge >= 0.3 is 6.18 Å². The molecule has 3 N–H and O–H groups in total. The van der Waals surface area contributed by atoms with Gasteiger partial charge in [0, 0.05) is 6.54 Å². The van der Waals surface area contributed by atoms with Crippen molar-refractivity contribution in [3.63, 3.8) is 0 Å². The molecule has 0 spiro atoms. The molecule has 1 rings (SSSR count). The summed E-state index contributed by atoms with van der Waals surface area (Å²) in [4.78, 5) is 11.6. The van der Waals surface area contributed by atoms with E-state index in [1.165, 1.54) is 6.08 Å². The molecule has 0 saturated carbocycles. The highest BCUT2D eigenvalue weighted by atomic mass is 19.4. The van der Waals surface area contributed by atoms with Crippen LogP contribution >= 0.6 is 0 Å². The van der Waals surface area contributed by atoms with Crippen LogP contribution in [0.4, 0.5) is 13.2 Å². The van der Waals surface area contributed by atoms with E-state index < -0.39 is 18.6 Å². The minimum Gasteiger partial charge on any atom is -0.364 e. The van der Waals surface area contributed by atoms with Crippen molar-refractivity contribution < 1.29 is 18.0 Å². The van der Waals surface area contributed by atoms with Gasteiger partial charge in [0.1, 0.15) is 12.2 Å². The molecule has 1 heterocycles. The van der Waals surface area contributed by atoms with E-state index in [-0.39, 0.29) is 12.4 Å². The predicted molar refractivity (Wildman–Crippen MR) is 42.9 cm³/mol. The van der Waals surface area contributed by atoms with E-state index in [2.05, 4.69) is 5.32 Å². The Labute approximate surface area is 78.5 Å². The average molecular weight is 209 g/mol. The van der Waals surface area contributed by atoms with Crippen molar-refractivity contribution in [2.24, 2.45) is 5.73 Å². The lowest BCUT2D eigenvalue weighted by Crippen LogP contribution is -2.46. The van der Waals surface area contributed by atoms with E-state index in [4.69, 9.17) is 5.73 Å². The predicted octanol–water partition coefficient (Wildman–Crippen LogP) is -0.219. The van der Waals surface area contributed by atoms with Gasteiger partial charge in [0.15, 0.2) is 0 Å². The molecule has 1 amide bonds. The summed E-state index contributed by atoms with van der Waals surface area (Å²) in [6.45, 7) is -0.838. The fourth-order valence-corrected chi connectivity index (χ4v) is 1.20. The molecule has 0 aromatic heterocycles. The summed E-state index contributed by atoms with van der Waals surface area (Å²) < 4.78 is 36.1. The first-order valence-corrected chi connectivity index (χ1v) is 3.92. The molecule has 0 saturated heterocycles. The van der Waals surface area contributed by atoms with Gasteiger partial charge in [-0.05, 0) is 6.08 Å². The first kappa shape index (κ1) is 10.8. The van der Waals surface area contributed by atoms with E-state index >= 15 is 0 Å². The lowest BCUT2D eigenvalue weighted by molar-refractivity contribution is -0.144. The number of carbonyl (C=O) groups excluding carboxylic acids is 1. The summed E-state index contributed by atoms with van der Waals surface area (Å²) in [6.07, 6.45) is -2.99. The Morgan fingerprint density at radius 1 is 1.64 bits per heavy atom. The number of nitrogens with one attached hydrogen (secondary N) is 1. The number of hydrogen-bond acceptors (Lipinski definition) is 3. The number of alkyl halides is 3. The molecular weight excluding hydrogens is 199 g/mol. The first-order chi connectivity index (χ1) is 6.40. The molecule has 0 unspecified atom stereocenters. The third-order valence-electron chi connectivity index (χ3n) is 1.71. The second-order valence-electron chi connectivity index (χ2n) is 2.88. The summed E-state index contributed by atoms with van der Waals surface area (Å²) in [7, 11) is 0. The first-order valence-electron chi connectivity index (χ1n) is 3.92. The zero-order valence-corrected chi connectivity index (χ0v) is 7.27. The number of amides is 1. The maximum atomic E-state index is 12.0. The average Bonchev–Trinajstić information content (AvgIpc) is 2.01. The smallest absolute Gasteiger partial charge is 0.364 e. The summed E-state index contributed by atoms with van der Waals surface area (Å²) >= 11 is 0. The van der Waals surface area contributed by atoms with Gasteiger partial charge in [-0.2, -0.15) is 13.2 Å². The van der Waals surface area contributed by atoms with Gasteiger partial charge in [-0.1, -0.05) is 0 Å². The molecule has 0 atom stereocenters.